The predicted octanol–water partition coefficient (Wildman–Crippen LogP) is 5.46. The van der Waals surface area contributed by atoms with E-state index in [9.17, 15) is 33.6 Å². The molecule has 0 saturated heterocycles. The lowest BCUT2D eigenvalue weighted by atomic mass is 9.94. The predicted molar refractivity (Wildman–Crippen MR) is 266 cm³/mol. The van der Waals surface area contributed by atoms with E-state index in [-0.39, 0.29) is 68.8 Å². The Bertz CT molecular complexity index is 2740. The summed E-state index contributed by atoms with van der Waals surface area (Å²) in [5, 5.41) is 15.2. The Balaban J connectivity index is 0.966. The topological polar surface area (TPSA) is 281 Å². The number of nitrogens with zero attached hydrogens (tertiary/aromatic N) is 7. The number of H-pyrrole nitrogens is 1. The number of anilines is 1. The third-order valence-electron chi connectivity index (χ3n) is 12.7. The number of aryl methyl sites for hydroxylation is 1. The van der Waals surface area contributed by atoms with Gasteiger partial charge in [-0.2, -0.15) is 5.10 Å². The molecule has 5 aromatic rings. The summed E-state index contributed by atoms with van der Waals surface area (Å²) in [6, 6.07) is 13.6. The van der Waals surface area contributed by atoms with Gasteiger partial charge in [0, 0.05) is 60.8 Å². The summed E-state index contributed by atoms with van der Waals surface area (Å²) in [7, 11) is 0. The lowest BCUT2D eigenvalue weighted by molar-refractivity contribution is -0.137. The summed E-state index contributed by atoms with van der Waals surface area (Å²) in [4.78, 5) is 110. The molecule has 0 spiro atoms. The van der Waals surface area contributed by atoms with Gasteiger partial charge in [0.1, 0.15) is 36.5 Å². The van der Waals surface area contributed by atoms with Crippen LogP contribution >= 0.6 is 0 Å². The van der Waals surface area contributed by atoms with Crippen molar-refractivity contribution < 1.29 is 38.3 Å². The zero-order valence-corrected chi connectivity index (χ0v) is 40.9. The number of amides is 8. The Labute approximate surface area is 417 Å². The molecule has 72 heavy (non-hydrogen) atoms. The Hall–Kier alpha value is -7.97. The van der Waals surface area contributed by atoms with Crippen LogP contribution in [0.1, 0.15) is 102 Å². The smallest absolute Gasteiger partial charge is 0.410 e. The molecule has 1 aliphatic carbocycles. The van der Waals surface area contributed by atoms with Crippen LogP contribution < -0.4 is 27.0 Å². The first kappa shape index (κ1) is 51.9. The second kappa shape index (κ2) is 24.7. The maximum atomic E-state index is 14.1. The Morgan fingerprint density at radius 1 is 0.889 bits per heavy atom. The van der Waals surface area contributed by atoms with E-state index in [0.717, 1.165) is 54.0 Å². The maximum absolute atomic E-state index is 14.1. The number of imide groups is 1. The van der Waals surface area contributed by atoms with Crippen LogP contribution in [-0.4, -0.2) is 112 Å². The van der Waals surface area contributed by atoms with Crippen molar-refractivity contribution in [3.63, 3.8) is 0 Å². The average molecular weight is 986 g/mol. The summed E-state index contributed by atoms with van der Waals surface area (Å²) >= 11 is 0. The molecular weight excluding hydrogens is 923 g/mol. The summed E-state index contributed by atoms with van der Waals surface area (Å²) in [5.74, 6) is -1.89. The van der Waals surface area contributed by atoms with Crippen molar-refractivity contribution in [3.8, 4) is 22.6 Å². The number of urea groups is 1. The number of nitrogens with two attached hydrogens (primary N) is 1. The number of hydrogen-bond acceptors (Lipinski definition) is 12. The number of unbranched alkanes of at least 4 members (excludes halogenated alkanes) is 2. The molecule has 5 heterocycles. The van der Waals surface area contributed by atoms with Crippen LogP contribution in [0.2, 0.25) is 0 Å². The van der Waals surface area contributed by atoms with Crippen LogP contribution in [0.25, 0.3) is 28.3 Å². The van der Waals surface area contributed by atoms with E-state index in [1.54, 1.807) is 47.5 Å². The number of primary amides is 1. The summed E-state index contributed by atoms with van der Waals surface area (Å²) in [6.07, 6.45) is 12.2. The van der Waals surface area contributed by atoms with Gasteiger partial charge in [-0.15, -0.1) is 0 Å². The van der Waals surface area contributed by atoms with Crippen LogP contribution in [0.15, 0.2) is 79.3 Å². The summed E-state index contributed by atoms with van der Waals surface area (Å²) < 4.78 is 7.65. The SMILES string of the molecule is Cc1cccc(-c2nc(CN(C(=O)OCc3ccc(NC(=O)C(CCCNC(N)=O)NC(=O)C(NC(=O)CCCCCN4C(=O)C=CC4=O)C(C)C)cc3)C3CCCCC3)[nH]c2-c2ccc3ncnn3c2)n1. The highest BCUT2D eigenvalue weighted by Crippen LogP contribution is 2.31. The van der Waals surface area contributed by atoms with E-state index < -0.39 is 36.0 Å². The molecule has 2 atom stereocenters. The van der Waals surface area contributed by atoms with Crippen molar-refractivity contribution in [1.29, 1.82) is 0 Å². The van der Waals surface area contributed by atoms with Gasteiger partial charge in [-0.25, -0.2) is 24.1 Å². The quantitative estimate of drug-likeness (QED) is 0.0352. The van der Waals surface area contributed by atoms with E-state index >= 15 is 0 Å². The Kier molecular flexibility index (Phi) is 17.8. The third kappa shape index (κ3) is 14.1. The van der Waals surface area contributed by atoms with Gasteiger partial charge in [-0.1, -0.05) is 57.7 Å². The molecule has 4 aromatic heterocycles. The average Bonchev–Trinajstić information content (AvgIpc) is 4.11. The third-order valence-corrected chi connectivity index (χ3v) is 12.7. The lowest BCUT2D eigenvalue weighted by Crippen LogP contribution is -2.54. The van der Waals surface area contributed by atoms with Crippen LogP contribution in [0.4, 0.5) is 15.3 Å². The molecule has 8 amide bonds. The molecule has 2 aliphatic rings. The van der Waals surface area contributed by atoms with Gasteiger partial charge in [0.2, 0.25) is 17.7 Å². The van der Waals surface area contributed by atoms with Gasteiger partial charge in [-0.05, 0) is 93.3 Å². The highest BCUT2D eigenvalue weighted by Gasteiger charge is 2.31. The number of ether oxygens (including phenoxy) is 1. The number of imidazole rings is 1. The van der Waals surface area contributed by atoms with Crippen LogP contribution in [-0.2, 0) is 41.9 Å². The molecule has 7 rings (SSSR count). The number of carbonyl (C=O) groups excluding carboxylic acids is 7. The maximum Gasteiger partial charge on any atom is 0.410 e. The number of aromatic amines is 1. The fourth-order valence-electron chi connectivity index (χ4n) is 8.78. The van der Waals surface area contributed by atoms with Gasteiger partial charge < -0.3 is 36.7 Å². The molecule has 0 bridgehead atoms. The van der Waals surface area contributed by atoms with Crippen LogP contribution in [0, 0.1) is 12.8 Å². The Morgan fingerprint density at radius 3 is 2.38 bits per heavy atom. The molecule has 380 valence electrons. The van der Waals surface area contributed by atoms with Gasteiger partial charge in [0.05, 0.1) is 17.9 Å². The van der Waals surface area contributed by atoms with E-state index in [2.05, 4.69) is 36.3 Å². The number of pyridine rings is 2. The number of hydrogen-bond donors (Lipinski definition) is 6. The first-order valence-corrected chi connectivity index (χ1v) is 24.5. The normalized spacial score (nSPS) is 14.6. The van der Waals surface area contributed by atoms with Gasteiger partial charge in [0.15, 0.2) is 5.65 Å². The van der Waals surface area contributed by atoms with E-state index in [4.69, 9.17) is 20.4 Å². The van der Waals surface area contributed by atoms with Gasteiger partial charge >= 0.3 is 12.1 Å². The number of rotatable bonds is 23. The minimum absolute atomic E-state index is 0.0394. The number of aromatic nitrogens is 6. The number of fused-ring (bicyclic) bond motifs is 1. The zero-order valence-electron chi connectivity index (χ0n) is 40.9. The zero-order chi connectivity index (χ0) is 51.1. The first-order valence-electron chi connectivity index (χ1n) is 24.5. The fourth-order valence-corrected chi connectivity index (χ4v) is 8.78. The number of nitrogens with one attached hydrogen (secondary N) is 5. The lowest BCUT2D eigenvalue weighted by Gasteiger charge is -2.33. The number of carbonyl (C=O) groups is 7. The fraction of sp³-hybridized carbons (Fsp3) is 0.431. The first-order chi connectivity index (χ1) is 34.7. The second-order valence-corrected chi connectivity index (χ2v) is 18.5. The molecule has 21 nitrogen and oxygen atoms in total. The molecule has 1 aliphatic heterocycles. The van der Waals surface area contributed by atoms with Crippen molar-refractivity contribution in [2.45, 2.75) is 123 Å². The van der Waals surface area contributed by atoms with Crippen molar-refractivity contribution in [2.75, 3.05) is 18.4 Å². The minimum atomic E-state index is -1.05. The van der Waals surface area contributed by atoms with Gasteiger partial charge in [-0.3, -0.25) is 38.8 Å². The van der Waals surface area contributed by atoms with Crippen molar-refractivity contribution in [2.24, 2.45) is 11.7 Å². The highest BCUT2D eigenvalue weighted by atomic mass is 16.6. The van der Waals surface area contributed by atoms with E-state index in [0.29, 0.717) is 59.8 Å². The minimum Gasteiger partial charge on any atom is -0.445 e. The molecule has 7 N–H and O–H groups in total. The molecule has 21 heteroatoms. The molecule has 1 aromatic carbocycles. The molecule has 1 saturated carbocycles. The van der Waals surface area contributed by atoms with Crippen LogP contribution in [0.5, 0.6) is 0 Å². The second-order valence-electron chi connectivity index (χ2n) is 18.5. The molecule has 2 unspecified atom stereocenters. The van der Waals surface area contributed by atoms with Crippen molar-refractivity contribution in [1.82, 2.24) is 55.3 Å². The monoisotopic (exact) mass is 985 g/mol. The number of benzene rings is 1. The summed E-state index contributed by atoms with van der Waals surface area (Å²) in [6.45, 7) is 6.03. The molecular formula is C51H63N13O8. The van der Waals surface area contributed by atoms with E-state index in [1.165, 1.54) is 18.5 Å². The van der Waals surface area contributed by atoms with Crippen LogP contribution in [0.3, 0.4) is 0 Å². The standard InChI is InChI=1S/C51H63N13O8/c1-32(2)45(61-42(65)17-8-5-9-27-62-43(66)24-25-44(62)67)49(69)58-39(16-11-26-53-50(52)70)48(68)57-36-21-18-34(19-22-36)30-72-51(71)63(37-13-6-4-7-14-37)29-40-59-46(35-20-23-41-54-31-55-64(41)28-35)47(60-40)38-15-10-12-33(3)56-38/h10,12,15,18-25,28,31-32,37,39,45H,4-9,11,13-14,16-17,26-27,29-30H2,1-3H3,(H,57,68)(H,58,69)(H,59,60)(H,61,65)(H3,52,53,70). The Morgan fingerprint density at radius 2 is 1.65 bits per heavy atom. The molecule has 1 fully saturated rings. The molecule has 0 radical (unpaired) electrons. The van der Waals surface area contributed by atoms with Gasteiger partial charge in [0.25, 0.3) is 11.8 Å². The van der Waals surface area contributed by atoms with E-state index in [1.807, 2.05) is 43.5 Å². The highest BCUT2D eigenvalue weighted by molar-refractivity contribution is 6.12. The summed E-state index contributed by atoms with van der Waals surface area (Å²) in [5.41, 5.74) is 10.8. The van der Waals surface area contributed by atoms with Crippen molar-refractivity contribution in [3.05, 3.63) is 96.4 Å². The largest absolute Gasteiger partial charge is 0.445 e. The van der Waals surface area contributed by atoms with Crippen molar-refractivity contribution >= 4 is 53.0 Å².